The summed E-state index contributed by atoms with van der Waals surface area (Å²) in [6.07, 6.45) is 5.09. The Labute approximate surface area is 118 Å². The van der Waals surface area contributed by atoms with Crippen molar-refractivity contribution in [1.82, 2.24) is 9.97 Å². The van der Waals surface area contributed by atoms with Crippen LogP contribution < -0.4 is 16.2 Å². The zero-order chi connectivity index (χ0) is 14.7. The smallest absolute Gasteiger partial charge is 0.222 e. The molecule has 20 heavy (non-hydrogen) atoms. The van der Waals surface area contributed by atoms with Gasteiger partial charge in [-0.15, -0.1) is 0 Å². The van der Waals surface area contributed by atoms with Crippen molar-refractivity contribution in [3.8, 4) is 5.75 Å². The van der Waals surface area contributed by atoms with Crippen molar-refractivity contribution in [3.05, 3.63) is 29.4 Å². The molecule has 1 aliphatic carbocycles. The van der Waals surface area contributed by atoms with Crippen LogP contribution in [0, 0.1) is 5.92 Å². The third-order valence-corrected chi connectivity index (χ3v) is 3.16. The summed E-state index contributed by atoms with van der Waals surface area (Å²) in [5, 5.41) is 0. The number of allylic oxidation sites excluding steroid dienone is 4. The van der Waals surface area contributed by atoms with E-state index in [4.69, 9.17) is 20.9 Å². The van der Waals surface area contributed by atoms with Gasteiger partial charge in [0.2, 0.25) is 5.95 Å². The number of nitrogen functional groups attached to an aromatic ring is 2. The molecule has 0 fully saturated rings. The summed E-state index contributed by atoms with van der Waals surface area (Å²) in [5.74, 6) is 2.98. The molecule has 0 aromatic carbocycles. The first kappa shape index (κ1) is 14.2. The Kier molecular flexibility index (Phi) is 4.12. The van der Waals surface area contributed by atoms with Gasteiger partial charge in [-0.2, -0.15) is 4.98 Å². The lowest BCUT2D eigenvalue weighted by Gasteiger charge is -2.22. The molecule has 0 atom stereocenters. The number of ether oxygens (including phenoxy) is 2. The predicted molar refractivity (Wildman–Crippen MR) is 77.7 cm³/mol. The second-order valence-corrected chi connectivity index (χ2v) is 4.93. The first-order valence-corrected chi connectivity index (χ1v) is 6.54. The van der Waals surface area contributed by atoms with Crippen molar-refractivity contribution >= 4 is 11.8 Å². The minimum Gasteiger partial charge on any atom is -0.501 e. The van der Waals surface area contributed by atoms with Gasteiger partial charge < -0.3 is 20.9 Å². The van der Waals surface area contributed by atoms with Crippen molar-refractivity contribution < 1.29 is 9.47 Å². The number of anilines is 2. The van der Waals surface area contributed by atoms with E-state index in [-0.39, 0.29) is 11.8 Å². The minimum absolute atomic E-state index is 0.137. The highest BCUT2D eigenvalue weighted by Crippen LogP contribution is 2.32. The molecule has 1 aromatic heterocycles. The van der Waals surface area contributed by atoms with Crippen LogP contribution in [0.15, 0.2) is 29.4 Å². The van der Waals surface area contributed by atoms with Crippen LogP contribution in [0.25, 0.3) is 0 Å². The molecule has 6 heteroatoms. The lowest BCUT2D eigenvalue weighted by Crippen LogP contribution is -2.11. The Morgan fingerprint density at radius 3 is 2.60 bits per heavy atom. The molecule has 0 amide bonds. The normalized spacial score (nSPS) is 15.3. The Hall–Kier alpha value is -2.24. The van der Waals surface area contributed by atoms with E-state index >= 15 is 0 Å². The van der Waals surface area contributed by atoms with Crippen LogP contribution in [0.2, 0.25) is 0 Å². The van der Waals surface area contributed by atoms with E-state index < -0.39 is 0 Å². The molecule has 0 radical (unpaired) electrons. The van der Waals surface area contributed by atoms with E-state index in [1.165, 1.54) is 6.20 Å². The summed E-state index contributed by atoms with van der Waals surface area (Å²) >= 11 is 0. The summed E-state index contributed by atoms with van der Waals surface area (Å²) < 4.78 is 11.2. The molecular formula is C14H20N4O2. The van der Waals surface area contributed by atoms with Gasteiger partial charge in [0.15, 0.2) is 11.6 Å². The zero-order valence-electron chi connectivity index (χ0n) is 12.0. The van der Waals surface area contributed by atoms with Crippen molar-refractivity contribution in [1.29, 1.82) is 0 Å². The van der Waals surface area contributed by atoms with Crippen LogP contribution in [0.3, 0.4) is 0 Å². The van der Waals surface area contributed by atoms with Crippen molar-refractivity contribution in [2.75, 3.05) is 18.6 Å². The number of hydrogen-bond donors (Lipinski definition) is 2. The van der Waals surface area contributed by atoms with Gasteiger partial charge in [-0.3, -0.25) is 0 Å². The molecule has 0 aliphatic heterocycles. The Bertz CT molecular complexity index is 564. The third kappa shape index (κ3) is 3.01. The van der Waals surface area contributed by atoms with Gasteiger partial charge in [0.05, 0.1) is 19.1 Å². The Morgan fingerprint density at radius 1 is 1.25 bits per heavy atom. The number of nitrogens with two attached hydrogens (primary N) is 2. The quantitative estimate of drug-likeness (QED) is 0.875. The molecule has 0 saturated carbocycles. The maximum atomic E-state index is 5.88. The molecule has 2 rings (SSSR count). The predicted octanol–water partition coefficient (Wildman–Crippen LogP) is 2.25. The lowest BCUT2D eigenvalue weighted by atomic mass is 9.94. The van der Waals surface area contributed by atoms with E-state index in [9.17, 15) is 0 Å². The maximum absolute atomic E-state index is 5.88. The van der Waals surface area contributed by atoms with Crippen LogP contribution in [-0.2, 0) is 4.74 Å². The van der Waals surface area contributed by atoms with Crippen molar-refractivity contribution in [3.63, 3.8) is 0 Å². The van der Waals surface area contributed by atoms with Crippen LogP contribution in [0.1, 0.15) is 26.7 Å². The Morgan fingerprint density at radius 2 is 2.00 bits per heavy atom. The number of aromatic nitrogens is 2. The highest BCUT2D eigenvalue weighted by atomic mass is 16.5. The largest absolute Gasteiger partial charge is 0.501 e. The van der Waals surface area contributed by atoms with E-state index in [2.05, 4.69) is 23.8 Å². The van der Waals surface area contributed by atoms with E-state index in [1.54, 1.807) is 7.11 Å². The van der Waals surface area contributed by atoms with Crippen LogP contribution in [0.5, 0.6) is 5.75 Å². The topological polar surface area (TPSA) is 96.3 Å². The second kappa shape index (κ2) is 5.81. The summed E-state index contributed by atoms with van der Waals surface area (Å²) in [6.45, 7) is 4.22. The molecule has 1 aliphatic rings. The third-order valence-electron chi connectivity index (χ3n) is 3.16. The van der Waals surface area contributed by atoms with Gasteiger partial charge in [-0.1, -0.05) is 13.8 Å². The fourth-order valence-electron chi connectivity index (χ4n) is 2.08. The molecule has 4 N–H and O–H groups in total. The average molecular weight is 276 g/mol. The number of nitrogens with zero attached hydrogens (tertiary/aromatic N) is 2. The fraction of sp³-hybridized carbons (Fsp3) is 0.429. The highest BCUT2D eigenvalue weighted by molar-refractivity contribution is 5.48. The van der Waals surface area contributed by atoms with E-state index in [0.29, 0.717) is 11.7 Å². The minimum atomic E-state index is 0.137. The highest BCUT2D eigenvalue weighted by Gasteiger charge is 2.19. The van der Waals surface area contributed by atoms with E-state index in [0.717, 1.165) is 29.9 Å². The van der Waals surface area contributed by atoms with Crippen molar-refractivity contribution in [2.24, 2.45) is 5.92 Å². The van der Waals surface area contributed by atoms with Gasteiger partial charge in [-0.05, 0) is 17.6 Å². The number of hydrogen-bond acceptors (Lipinski definition) is 6. The lowest BCUT2D eigenvalue weighted by molar-refractivity contribution is 0.264. The number of methoxy groups -OCH3 is 1. The molecule has 6 nitrogen and oxygen atoms in total. The summed E-state index contributed by atoms with van der Waals surface area (Å²) in [4.78, 5) is 7.80. The van der Waals surface area contributed by atoms with Crippen LogP contribution in [0.4, 0.5) is 11.8 Å². The van der Waals surface area contributed by atoms with E-state index in [1.807, 2.05) is 6.08 Å². The molecule has 0 spiro atoms. The molecule has 0 bridgehead atoms. The summed E-state index contributed by atoms with van der Waals surface area (Å²) in [6, 6.07) is 0. The molecular weight excluding hydrogens is 256 g/mol. The van der Waals surface area contributed by atoms with Gasteiger partial charge >= 0.3 is 0 Å². The SMILES string of the molecule is COC1=CC(C(C)C)=C(Oc2cnc(N)nc2N)CC1. The molecule has 1 heterocycles. The Balaban J connectivity index is 2.32. The van der Waals surface area contributed by atoms with Crippen LogP contribution in [-0.4, -0.2) is 17.1 Å². The van der Waals surface area contributed by atoms with Gasteiger partial charge in [0.1, 0.15) is 5.76 Å². The van der Waals surface area contributed by atoms with Crippen molar-refractivity contribution in [2.45, 2.75) is 26.7 Å². The summed E-state index contributed by atoms with van der Waals surface area (Å²) in [5.41, 5.74) is 12.4. The summed E-state index contributed by atoms with van der Waals surface area (Å²) in [7, 11) is 1.68. The zero-order valence-corrected chi connectivity index (χ0v) is 12.0. The van der Waals surface area contributed by atoms with Gasteiger partial charge in [0, 0.05) is 12.8 Å². The molecule has 0 saturated heterocycles. The average Bonchev–Trinajstić information content (AvgIpc) is 2.42. The molecule has 1 aromatic rings. The fourth-order valence-corrected chi connectivity index (χ4v) is 2.08. The molecule has 108 valence electrons. The first-order chi connectivity index (χ1) is 9.51. The second-order valence-electron chi connectivity index (χ2n) is 4.93. The number of rotatable bonds is 4. The maximum Gasteiger partial charge on any atom is 0.222 e. The monoisotopic (exact) mass is 276 g/mol. The standard InChI is InChI=1S/C14H20N4O2/c1-8(2)10-6-9(19-3)4-5-11(10)20-12-7-17-14(16)18-13(12)15/h6-8H,4-5H2,1-3H3,(H4,15,16,17,18). The first-order valence-electron chi connectivity index (χ1n) is 6.54. The van der Waals surface area contributed by atoms with Gasteiger partial charge in [0.25, 0.3) is 0 Å². The van der Waals surface area contributed by atoms with Crippen LogP contribution >= 0.6 is 0 Å². The van der Waals surface area contributed by atoms with Gasteiger partial charge in [-0.25, -0.2) is 4.98 Å². The molecule has 0 unspecified atom stereocenters.